The molecule has 2 aromatic heterocycles. The monoisotopic (exact) mass is 219 g/mol. The Kier molecular flexibility index (Phi) is 1.99. The Morgan fingerprint density at radius 1 is 1.33 bits per heavy atom. The van der Waals surface area contributed by atoms with E-state index in [-0.39, 0.29) is 0 Å². The van der Waals surface area contributed by atoms with Crippen LogP contribution in [0.3, 0.4) is 0 Å². The molecule has 0 bridgehead atoms. The van der Waals surface area contributed by atoms with Gasteiger partial charge in [0.1, 0.15) is 5.15 Å². The minimum atomic E-state index is 0.496. The zero-order chi connectivity index (χ0) is 10.3. The summed E-state index contributed by atoms with van der Waals surface area (Å²) >= 11 is 5.82. The first-order valence-corrected chi connectivity index (χ1v) is 5.38. The third kappa shape index (κ3) is 1.75. The number of hydrogen-bond acceptors (Lipinski definition) is 2. The van der Waals surface area contributed by atoms with Crippen LogP contribution in [0.5, 0.6) is 0 Å². The van der Waals surface area contributed by atoms with Crippen LogP contribution in [-0.4, -0.2) is 14.8 Å². The van der Waals surface area contributed by atoms with Gasteiger partial charge in [0.15, 0.2) is 0 Å². The quantitative estimate of drug-likeness (QED) is 0.728. The maximum Gasteiger partial charge on any atom is 0.131 e. The molecule has 2 heterocycles. The molecule has 1 fully saturated rings. The summed E-state index contributed by atoms with van der Waals surface area (Å²) in [4.78, 5) is 3.94. The topological polar surface area (TPSA) is 30.7 Å². The van der Waals surface area contributed by atoms with Gasteiger partial charge in [0.05, 0.1) is 11.4 Å². The molecule has 0 atom stereocenters. The smallest absolute Gasteiger partial charge is 0.131 e. The van der Waals surface area contributed by atoms with Crippen LogP contribution >= 0.6 is 11.6 Å². The van der Waals surface area contributed by atoms with Crippen molar-refractivity contribution in [1.82, 2.24) is 14.8 Å². The van der Waals surface area contributed by atoms with Crippen LogP contribution in [0.2, 0.25) is 5.15 Å². The van der Waals surface area contributed by atoms with Gasteiger partial charge < -0.3 is 0 Å². The van der Waals surface area contributed by atoms with Crippen molar-refractivity contribution in [3.05, 3.63) is 41.4 Å². The molecule has 1 aliphatic rings. The van der Waals surface area contributed by atoms with E-state index in [9.17, 15) is 0 Å². The molecule has 2 aromatic rings. The Morgan fingerprint density at radius 3 is 2.93 bits per heavy atom. The number of hydrogen-bond donors (Lipinski definition) is 0. The molecule has 0 N–H and O–H groups in total. The summed E-state index contributed by atoms with van der Waals surface area (Å²) in [5.41, 5.74) is 2.14. The molecular weight excluding hydrogens is 210 g/mol. The molecule has 76 valence electrons. The first kappa shape index (κ1) is 8.92. The number of rotatable bonds is 2. The summed E-state index contributed by atoms with van der Waals surface area (Å²) in [6, 6.07) is 5.78. The van der Waals surface area contributed by atoms with Crippen molar-refractivity contribution in [3.63, 3.8) is 0 Å². The van der Waals surface area contributed by atoms with E-state index in [4.69, 9.17) is 11.6 Å². The number of pyridine rings is 1. The Bertz CT molecular complexity index is 488. The molecule has 0 amide bonds. The highest BCUT2D eigenvalue weighted by Gasteiger charge is 2.25. The van der Waals surface area contributed by atoms with E-state index >= 15 is 0 Å². The predicted octanol–water partition coefficient (Wildman–Crippen LogP) is 2.80. The third-order valence-corrected chi connectivity index (χ3v) is 2.79. The second-order valence-electron chi connectivity index (χ2n) is 3.80. The fourth-order valence-corrected chi connectivity index (χ4v) is 1.78. The van der Waals surface area contributed by atoms with Gasteiger partial charge in [0.2, 0.25) is 0 Å². The molecule has 1 aliphatic carbocycles. The highest BCUT2D eigenvalue weighted by atomic mass is 35.5. The van der Waals surface area contributed by atoms with E-state index < -0.39 is 0 Å². The van der Waals surface area contributed by atoms with Crippen LogP contribution in [0.15, 0.2) is 30.6 Å². The van der Waals surface area contributed by atoms with Gasteiger partial charge in [-0.05, 0) is 25.0 Å². The van der Waals surface area contributed by atoms with Gasteiger partial charge in [0, 0.05) is 24.4 Å². The molecule has 1 saturated carbocycles. The van der Waals surface area contributed by atoms with E-state index in [1.807, 2.05) is 23.0 Å². The lowest BCUT2D eigenvalue weighted by Gasteiger charge is -2.00. The van der Waals surface area contributed by atoms with E-state index in [0.29, 0.717) is 11.1 Å². The fourth-order valence-electron chi connectivity index (χ4n) is 1.61. The molecular formula is C11H10ClN3. The maximum absolute atomic E-state index is 5.82. The van der Waals surface area contributed by atoms with E-state index in [1.165, 1.54) is 18.5 Å². The van der Waals surface area contributed by atoms with Crippen LogP contribution in [0.25, 0.3) is 5.69 Å². The van der Waals surface area contributed by atoms with Gasteiger partial charge in [-0.1, -0.05) is 11.6 Å². The van der Waals surface area contributed by atoms with Crippen LogP contribution in [-0.2, 0) is 0 Å². The van der Waals surface area contributed by atoms with Crippen molar-refractivity contribution in [1.29, 1.82) is 0 Å². The van der Waals surface area contributed by atoms with E-state index in [0.717, 1.165) is 5.69 Å². The van der Waals surface area contributed by atoms with Crippen molar-refractivity contribution in [3.8, 4) is 5.69 Å². The Balaban J connectivity index is 1.97. The van der Waals surface area contributed by atoms with Crippen molar-refractivity contribution in [2.24, 2.45) is 0 Å². The fraction of sp³-hybridized carbons (Fsp3) is 0.273. The minimum absolute atomic E-state index is 0.496. The lowest BCUT2D eigenvalue weighted by molar-refractivity contribution is 0.835. The molecule has 0 radical (unpaired) electrons. The van der Waals surface area contributed by atoms with E-state index in [1.54, 1.807) is 6.20 Å². The van der Waals surface area contributed by atoms with Gasteiger partial charge >= 0.3 is 0 Å². The van der Waals surface area contributed by atoms with Gasteiger partial charge in [-0.15, -0.1) is 0 Å². The minimum Gasteiger partial charge on any atom is -0.244 e. The lowest BCUT2D eigenvalue weighted by Crippen LogP contribution is -1.95. The van der Waals surface area contributed by atoms with Gasteiger partial charge in [-0.3, -0.25) is 0 Å². The summed E-state index contributed by atoms with van der Waals surface area (Å²) in [7, 11) is 0. The standard InChI is InChI=1S/C11H10ClN3/c12-11-7-9(3-5-13-11)15-6-4-10(14-15)8-1-2-8/h3-8H,1-2H2. The predicted molar refractivity (Wildman–Crippen MR) is 58.3 cm³/mol. The molecule has 3 nitrogen and oxygen atoms in total. The second kappa shape index (κ2) is 3.35. The van der Waals surface area contributed by atoms with Crippen LogP contribution in [0.4, 0.5) is 0 Å². The maximum atomic E-state index is 5.82. The van der Waals surface area contributed by atoms with Crippen LogP contribution in [0, 0.1) is 0 Å². The third-order valence-electron chi connectivity index (χ3n) is 2.58. The number of nitrogens with zero attached hydrogens (tertiary/aromatic N) is 3. The van der Waals surface area contributed by atoms with Crippen LogP contribution in [0.1, 0.15) is 24.5 Å². The zero-order valence-corrected chi connectivity index (χ0v) is 8.85. The molecule has 4 heteroatoms. The largest absolute Gasteiger partial charge is 0.244 e. The van der Waals surface area contributed by atoms with Crippen molar-refractivity contribution < 1.29 is 0 Å². The Labute approximate surface area is 92.7 Å². The van der Waals surface area contributed by atoms with Gasteiger partial charge in [0.25, 0.3) is 0 Å². The Hall–Kier alpha value is -1.35. The molecule has 3 rings (SSSR count). The lowest BCUT2D eigenvalue weighted by atomic mass is 10.3. The highest BCUT2D eigenvalue weighted by molar-refractivity contribution is 6.29. The summed E-state index contributed by atoms with van der Waals surface area (Å²) in [6.45, 7) is 0. The molecule has 15 heavy (non-hydrogen) atoms. The Morgan fingerprint density at radius 2 is 2.20 bits per heavy atom. The molecule has 0 aliphatic heterocycles. The second-order valence-corrected chi connectivity index (χ2v) is 4.18. The molecule has 0 saturated heterocycles. The summed E-state index contributed by atoms with van der Waals surface area (Å²) < 4.78 is 1.85. The average Bonchev–Trinajstić information content (AvgIpc) is 2.97. The zero-order valence-electron chi connectivity index (χ0n) is 8.10. The van der Waals surface area contributed by atoms with Crippen molar-refractivity contribution in [2.75, 3.05) is 0 Å². The highest BCUT2D eigenvalue weighted by Crippen LogP contribution is 2.39. The van der Waals surface area contributed by atoms with E-state index in [2.05, 4.69) is 16.1 Å². The van der Waals surface area contributed by atoms with Crippen molar-refractivity contribution >= 4 is 11.6 Å². The first-order chi connectivity index (χ1) is 7.33. The van der Waals surface area contributed by atoms with Gasteiger partial charge in [-0.25, -0.2) is 9.67 Å². The molecule has 0 unspecified atom stereocenters. The van der Waals surface area contributed by atoms with Gasteiger partial charge in [-0.2, -0.15) is 5.10 Å². The number of aromatic nitrogens is 3. The summed E-state index contributed by atoms with van der Waals surface area (Å²) in [5.74, 6) is 0.684. The average molecular weight is 220 g/mol. The first-order valence-electron chi connectivity index (χ1n) is 5.00. The SMILES string of the molecule is Clc1cc(-n2ccc(C3CC3)n2)ccn1. The number of halogens is 1. The normalized spacial score (nSPS) is 15.5. The van der Waals surface area contributed by atoms with Crippen LogP contribution < -0.4 is 0 Å². The molecule has 0 spiro atoms. The molecule has 0 aromatic carbocycles. The van der Waals surface area contributed by atoms with Crippen molar-refractivity contribution in [2.45, 2.75) is 18.8 Å². The summed E-state index contributed by atoms with van der Waals surface area (Å²) in [6.07, 6.45) is 6.21. The summed E-state index contributed by atoms with van der Waals surface area (Å²) in [5, 5.41) is 5.01.